The minimum Gasteiger partial charge on any atom is -0.336 e. The van der Waals surface area contributed by atoms with Gasteiger partial charge in [-0.05, 0) is 54.7 Å². The monoisotopic (exact) mass is 341 g/mol. The quantitative estimate of drug-likeness (QED) is 0.864. The lowest BCUT2D eigenvalue weighted by Crippen LogP contribution is -2.36. The standard InChI is InChI=1S/C15H17ClFN3OS/c1-20(2)14(10-5-6-22-9-10)8-18-15(21)19-11-3-4-13(17)12(16)7-11/h3-7,9,14H,8H2,1-2H3,(H2,18,19,21). The van der Waals surface area contributed by atoms with Gasteiger partial charge in [-0.3, -0.25) is 0 Å². The van der Waals surface area contributed by atoms with Crippen LogP contribution in [0.2, 0.25) is 5.02 Å². The Hall–Kier alpha value is -1.63. The molecule has 1 atom stereocenters. The SMILES string of the molecule is CN(C)C(CNC(=O)Nc1ccc(F)c(Cl)c1)c1ccsc1. The predicted molar refractivity (Wildman–Crippen MR) is 89.2 cm³/mol. The zero-order chi connectivity index (χ0) is 16.1. The Morgan fingerprint density at radius 1 is 1.41 bits per heavy atom. The third-order valence-electron chi connectivity index (χ3n) is 3.18. The van der Waals surface area contributed by atoms with Crippen LogP contribution in [-0.2, 0) is 0 Å². The molecule has 2 rings (SSSR count). The highest BCUT2D eigenvalue weighted by atomic mass is 35.5. The van der Waals surface area contributed by atoms with Gasteiger partial charge in [0.05, 0.1) is 11.1 Å². The van der Waals surface area contributed by atoms with Crippen LogP contribution >= 0.6 is 22.9 Å². The Morgan fingerprint density at radius 3 is 2.77 bits per heavy atom. The van der Waals surface area contributed by atoms with E-state index in [1.165, 1.54) is 18.2 Å². The van der Waals surface area contributed by atoms with Crippen molar-refractivity contribution in [2.45, 2.75) is 6.04 Å². The molecule has 0 radical (unpaired) electrons. The molecule has 7 heteroatoms. The number of halogens is 2. The highest BCUT2D eigenvalue weighted by molar-refractivity contribution is 7.07. The number of amides is 2. The summed E-state index contributed by atoms with van der Waals surface area (Å²) in [6.45, 7) is 0.463. The van der Waals surface area contributed by atoms with Gasteiger partial charge in [0.25, 0.3) is 0 Å². The summed E-state index contributed by atoms with van der Waals surface area (Å²) in [5.41, 5.74) is 1.60. The first-order valence-electron chi connectivity index (χ1n) is 6.66. The van der Waals surface area contributed by atoms with E-state index >= 15 is 0 Å². The highest BCUT2D eigenvalue weighted by Gasteiger charge is 2.15. The van der Waals surface area contributed by atoms with Gasteiger partial charge in [-0.25, -0.2) is 9.18 Å². The van der Waals surface area contributed by atoms with Gasteiger partial charge in [-0.1, -0.05) is 11.6 Å². The molecule has 2 amide bonds. The van der Waals surface area contributed by atoms with Crippen molar-refractivity contribution in [1.82, 2.24) is 10.2 Å². The summed E-state index contributed by atoms with van der Waals surface area (Å²) in [5, 5.41) is 9.48. The fourth-order valence-corrected chi connectivity index (χ4v) is 2.89. The third kappa shape index (κ3) is 4.43. The minimum atomic E-state index is -0.516. The van der Waals surface area contributed by atoms with Gasteiger partial charge in [0.15, 0.2) is 0 Å². The molecule has 0 aliphatic rings. The summed E-state index contributed by atoms with van der Waals surface area (Å²) >= 11 is 7.30. The number of nitrogens with zero attached hydrogens (tertiary/aromatic N) is 1. The van der Waals surface area contributed by atoms with Crippen LogP contribution in [0.4, 0.5) is 14.9 Å². The number of carbonyl (C=O) groups is 1. The first-order chi connectivity index (χ1) is 10.5. The lowest BCUT2D eigenvalue weighted by molar-refractivity contribution is 0.243. The van der Waals surface area contributed by atoms with Gasteiger partial charge < -0.3 is 15.5 Å². The van der Waals surface area contributed by atoms with Gasteiger partial charge >= 0.3 is 6.03 Å². The average Bonchev–Trinajstić information content (AvgIpc) is 2.97. The molecule has 0 aliphatic carbocycles. The number of rotatable bonds is 5. The van der Waals surface area contributed by atoms with Crippen molar-refractivity contribution in [3.63, 3.8) is 0 Å². The number of hydrogen-bond acceptors (Lipinski definition) is 3. The normalized spacial score (nSPS) is 12.2. The molecule has 0 fully saturated rings. The van der Waals surface area contributed by atoms with Crippen LogP contribution in [-0.4, -0.2) is 31.6 Å². The fourth-order valence-electron chi connectivity index (χ4n) is 2.00. The molecular formula is C15H17ClFN3OS. The second kappa shape index (κ2) is 7.58. The Labute approximate surface area is 137 Å². The number of urea groups is 1. The van der Waals surface area contributed by atoms with Crippen molar-refractivity contribution in [1.29, 1.82) is 0 Å². The molecule has 1 aromatic carbocycles. The van der Waals surface area contributed by atoms with Crippen molar-refractivity contribution in [3.05, 3.63) is 51.4 Å². The zero-order valence-electron chi connectivity index (χ0n) is 12.3. The molecule has 0 saturated carbocycles. The van der Waals surface area contributed by atoms with E-state index in [-0.39, 0.29) is 17.1 Å². The smallest absolute Gasteiger partial charge is 0.319 e. The molecule has 1 unspecified atom stereocenters. The van der Waals surface area contributed by atoms with Gasteiger partial charge in [0.1, 0.15) is 5.82 Å². The van der Waals surface area contributed by atoms with E-state index in [9.17, 15) is 9.18 Å². The summed E-state index contributed by atoms with van der Waals surface area (Å²) in [4.78, 5) is 14.0. The van der Waals surface area contributed by atoms with Crippen LogP contribution in [0.3, 0.4) is 0 Å². The lowest BCUT2D eigenvalue weighted by atomic mass is 10.1. The van der Waals surface area contributed by atoms with Crippen LogP contribution in [0.15, 0.2) is 35.0 Å². The molecule has 118 valence electrons. The van der Waals surface area contributed by atoms with Crippen molar-refractivity contribution in [2.75, 3.05) is 26.0 Å². The van der Waals surface area contributed by atoms with Crippen LogP contribution in [0.25, 0.3) is 0 Å². The fraction of sp³-hybridized carbons (Fsp3) is 0.267. The zero-order valence-corrected chi connectivity index (χ0v) is 13.8. The van der Waals surface area contributed by atoms with Crippen LogP contribution in [0, 0.1) is 5.82 Å². The number of benzene rings is 1. The van der Waals surface area contributed by atoms with Gasteiger partial charge in [-0.2, -0.15) is 11.3 Å². The van der Waals surface area contributed by atoms with Crippen molar-refractivity contribution in [3.8, 4) is 0 Å². The maximum Gasteiger partial charge on any atom is 0.319 e. The second-order valence-corrected chi connectivity index (χ2v) is 6.19. The number of nitrogens with one attached hydrogen (secondary N) is 2. The van der Waals surface area contributed by atoms with Crippen molar-refractivity contribution >= 4 is 34.7 Å². The largest absolute Gasteiger partial charge is 0.336 e. The summed E-state index contributed by atoms with van der Waals surface area (Å²) in [7, 11) is 3.92. The van der Waals surface area contributed by atoms with Crippen molar-refractivity contribution < 1.29 is 9.18 Å². The van der Waals surface area contributed by atoms with Crippen LogP contribution in [0.1, 0.15) is 11.6 Å². The number of carbonyl (C=O) groups excluding carboxylic acids is 1. The summed E-state index contributed by atoms with van der Waals surface area (Å²) < 4.78 is 13.1. The Bertz CT molecular complexity index is 634. The van der Waals surface area contributed by atoms with Crippen LogP contribution < -0.4 is 10.6 Å². The Morgan fingerprint density at radius 2 is 2.18 bits per heavy atom. The first-order valence-corrected chi connectivity index (χ1v) is 7.98. The van der Waals surface area contributed by atoms with Crippen LogP contribution in [0.5, 0.6) is 0 Å². The number of hydrogen-bond donors (Lipinski definition) is 2. The predicted octanol–water partition coefficient (Wildman–Crippen LogP) is 3.97. The van der Waals surface area contributed by atoms with Gasteiger partial charge in [0, 0.05) is 12.2 Å². The molecule has 0 saturated heterocycles. The maximum absolute atomic E-state index is 13.1. The van der Waals surface area contributed by atoms with E-state index < -0.39 is 5.82 Å². The number of thiophene rings is 1. The molecule has 0 aliphatic heterocycles. The van der Waals surface area contributed by atoms with E-state index in [0.717, 1.165) is 5.56 Å². The first kappa shape index (κ1) is 16.7. The average molecular weight is 342 g/mol. The van der Waals surface area contributed by atoms with Gasteiger partial charge in [0.2, 0.25) is 0 Å². The molecule has 0 spiro atoms. The van der Waals surface area contributed by atoms with E-state index in [1.54, 1.807) is 11.3 Å². The molecule has 2 N–H and O–H groups in total. The maximum atomic E-state index is 13.1. The van der Waals surface area contributed by atoms with E-state index in [2.05, 4.69) is 16.0 Å². The summed E-state index contributed by atoms with van der Waals surface area (Å²) in [6.07, 6.45) is 0. The lowest BCUT2D eigenvalue weighted by Gasteiger charge is -2.24. The van der Waals surface area contributed by atoms with Crippen molar-refractivity contribution in [2.24, 2.45) is 0 Å². The highest BCUT2D eigenvalue weighted by Crippen LogP contribution is 2.21. The Kier molecular flexibility index (Phi) is 5.76. The topological polar surface area (TPSA) is 44.4 Å². The molecule has 1 heterocycles. The molecule has 22 heavy (non-hydrogen) atoms. The van der Waals surface area contributed by atoms with E-state index in [4.69, 9.17) is 11.6 Å². The molecular weight excluding hydrogens is 325 g/mol. The third-order valence-corrected chi connectivity index (χ3v) is 4.18. The summed E-state index contributed by atoms with van der Waals surface area (Å²) in [5.74, 6) is -0.516. The molecule has 0 bridgehead atoms. The summed E-state index contributed by atoms with van der Waals surface area (Å²) in [6, 6.07) is 5.82. The molecule has 4 nitrogen and oxygen atoms in total. The molecule has 2 aromatic rings. The van der Waals surface area contributed by atoms with E-state index in [0.29, 0.717) is 12.2 Å². The second-order valence-electron chi connectivity index (χ2n) is 5.00. The number of anilines is 1. The molecule has 1 aromatic heterocycles. The number of likely N-dealkylation sites (N-methyl/N-ethyl adjacent to an activating group) is 1. The minimum absolute atomic E-state index is 0.0257. The Balaban J connectivity index is 1.92. The van der Waals surface area contributed by atoms with Gasteiger partial charge in [-0.15, -0.1) is 0 Å². The van der Waals surface area contributed by atoms with E-state index in [1.807, 2.05) is 30.4 Å².